The van der Waals surface area contributed by atoms with E-state index in [2.05, 4.69) is 5.32 Å². The number of hydrogen-bond donors (Lipinski definition) is 2. The molecular formula is C14H19NO3S2. The molecule has 0 spiro atoms. The van der Waals surface area contributed by atoms with Gasteiger partial charge in [-0.05, 0) is 18.9 Å². The Morgan fingerprint density at radius 3 is 2.60 bits per heavy atom. The summed E-state index contributed by atoms with van der Waals surface area (Å²) in [6.07, 6.45) is 7.10. The maximum absolute atomic E-state index is 11.9. The Kier molecular flexibility index (Phi) is 5.91. The number of aromatic carboxylic acids is 1. The number of rotatable bonds is 5. The molecule has 0 bridgehead atoms. The summed E-state index contributed by atoms with van der Waals surface area (Å²) >= 11 is 2.59. The molecule has 1 aliphatic rings. The Labute approximate surface area is 127 Å². The fraction of sp³-hybridized carbons (Fsp3) is 0.571. The lowest BCUT2D eigenvalue weighted by Crippen LogP contribution is -2.35. The Morgan fingerprint density at radius 2 is 2.00 bits per heavy atom. The van der Waals surface area contributed by atoms with Gasteiger partial charge in [0.25, 0.3) is 0 Å². The van der Waals surface area contributed by atoms with E-state index in [1.54, 1.807) is 11.4 Å². The molecule has 0 aliphatic heterocycles. The summed E-state index contributed by atoms with van der Waals surface area (Å²) in [5.41, 5.74) is 0. The lowest BCUT2D eigenvalue weighted by Gasteiger charge is -2.15. The highest BCUT2D eigenvalue weighted by Crippen LogP contribution is 2.25. The minimum absolute atomic E-state index is 0.0463. The van der Waals surface area contributed by atoms with Crippen LogP contribution in [0.15, 0.2) is 16.3 Å². The molecule has 20 heavy (non-hydrogen) atoms. The van der Waals surface area contributed by atoms with Gasteiger partial charge < -0.3 is 10.4 Å². The van der Waals surface area contributed by atoms with E-state index < -0.39 is 5.97 Å². The average Bonchev–Trinajstić information content (AvgIpc) is 2.75. The van der Waals surface area contributed by atoms with E-state index in [9.17, 15) is 9.59 Å². The predicted octanol–water partition coefficient (Wildman–Crippen LogP) is 3.38. The van der Waals surface area contributed by atoms with Gasteiger partial charge in [0.05, 0.1) is 5.75 Å². The third kappa shape index (κ3) is 4.83. The van der Waals surface area contributed by atoms with Crippen molar-refractivity contribution in [3.8, 4) is 0 Å². The fourth-order valence-corrected chi connectivity index (χ4v) is 4.03. The normalized spacial score (nSPS) is 16.6. The van der Waals surface area contributed by atoms with Crippen LogP contribution in [-0.4, -0.2) is 28.8 Å². The second-order valence-corrected chi connectivity index (χ2v) is 6.96. The number of carbonyl (C=O) groups excluding carboxylic acids is 1. The molecule has 1 saturated carbocycles. The van der Waals surface area contributed by atoms with Crippen molar-refractivity contribution in [2.24, 2.45) is 0 Å². The molecule has 0 unspecified atom stereocenters. The molecule has 0 saturated heterocycles. The van der Waals surface area contributed by atoms with Crippen molar-refractivity contribution in [2.75, 3.05) is 5.75 Å². The topological polar surface area (TPSA) is 66.4 Å². The summed E-state index contributed by atoms with van der Waals surface area (Å²) in [4.78, 5) is 23.8. The summed E-state index contributed by atoms with van der Waals surface area (Å²) in [6, 6.07) is 1.94. The first kappa shape index (κ1) is 15.4. The van der Waals surface area contributed by atoms with E-state index in [0.717, 1.165) is 17.7 Å². The Hall–Kier alpha value is -1.01. The van der Waals surface area contributed by atoms with E-state index in [0.29, 0.717) is 16.7 Å². The predicted molar refractivity (Wildman–Crippen MR) is 81.6 cm³/mol. The lowest BCUT2D eigenvalue weighted by atomic mass is 10.1. The van der Waals surface area contributed by atoms with Crippen LogP contribution in [0.2, 0.25) is 0 Å². The number of nitrogens with one attached hydrogen (secondary N) is 1. The molecule has 1 amide bonds. The third-order valence-corrected chi connectivity index (χ3v) is 5.42. The fourth-order valence-electron chi connectivity index (χ4n) is 2.35. The molecule has 6 heteroatoms. The van der Waals surface area contributed by atoms with Gasteiger partial charge in [-0.3, -0.25) is 4.79 Å². The molecule has 2 N–H and O–H groups in total. The number of carboxylic acids is 1. The largest absolute Gasteiger partial charge is 0.477 e. The summed E-state index contributed by atoms with van der Waals surface area (Å²) < 4.78 is 0. The van der Waals surface area contributed by atoms with Gasteiger partial charge in [-0.1, -0.05) is 25.7 Å². The molecular weight excluding hydrogens is 294 g/mol. The zero-order chi connectivity index (χ0) is 14.4. The van der Waals surface area contributed by atoms with E-state index in [1.807, 2.05) is 0 Å². The van der Waals surface area contributed by atoms with Crippen molar-refractivity contribution in [1.29, 1.82) is 0 Å². The van der Waals surface area contributed by atoms with Crippen molar-refractivity contribution in [2.45, 2.75) is 49.5 Å². The van der Waals surface area contributed by atoms with Crippen LogP contribution in [0.5, 0.6) is 0 Å². The molecule has 0 aromatic carbocycles. The van der Waals surface area contributed by atoms with Crippen LogP contribution in [0.1, 0.15) is 48.2 Å². The van der Waals surface area contributed by atoms with Gasteiger partial charge in [0.1, 0.15) is 4.88 Å². The van der Waals surface area contributed by atoms with Crippen molar-refractivity contribution >= 4 is 35.0 Å². The molecule has 2 rings (SSSR count). The van der Waals surface area contributed by atoms with Crippen LogP contribution in [0.3, 0.4) is 0 Å². The monoisotopic (exact) mass is 313 g/mol. The minimum Gasteiger partial charge on any atom is -0.477 e. The molecule has 0 atom stereocenters. The van der Waals surface area contributed by atoms with Gasteiger partial charge in [-0.2, -0.15) is 0 Å². The SMILES string of the molecule is O=C(CSc1csc(C(=O)O)c1)NC1CCCCCC1. The van der Waals surface area contributed by atoms with Crippen LogP contribution in [0.4, 0.5) is 0 Å². The second kappa shape index (κ2) is 7.69. The Morgan fingerprint density at radius 1 is 1.30 bits per heavy atom. The lowest BCUT2D eigenvalue weighted by molar-refractivity contribution is -0.119. The molecule has 1 aliphatic carbocycles. The molecule has 4 nitrogen and oxygen atoms in total. The summed E-state index contributed by atoms with van der Waals surface area (Å²) in [7, 11) is 0. The Balaban J connectivity index is 1.74. The van der Waals surface area contributed by atoms with E-state index in [-0.39, 0.29) is 5.91 Å². The number of carbonyl (C=O) groups is 2. The maximum Gasteiger partial charge on any atom is 0.345 e. The molecule has 1 fully saturated rings. The van der Waals surface area contributed by atoms with Gasteiger partial charge in [0.15, 0.2) is 0 Å². The quantitative estimate of drug-likeness (QED) is 0.646. The number of thioether (sulfide) groups is 1. The highest BCUT2D eigenvalue weighted by atomic mass is 32.2. The second-order valence-electron chi connectivity index (χ2n) is 5.00. The van der Waals surface area contributed by atoms with Crippen LogP contribution in [0, 0.1) is 0 Å². The van der Waals surface area contributed by atoms with Crippen LogP contribution >= 0.6 is 23.1 Å². The highest BCUT2D eigenvalue weighted by Gasteiger charge is 2.15. The zero-order valence-corrected chi connectivity index (χ0v) is 12.9. The van der Waals surface area contributed by atoms with E-state index in [1.165, 1.54) is 48.8 Å². The summed E-state index contributed by atoms with van der Waals surface area (Å²) in [6.45, 7) is 0. The van der Waals surface area contributed by atoms with Crippen LogP contribution < -0.4 is 5.32 Å². The van der Waals surface area contributed by atoms with Gasteiger partial charge in [-0.25, -0.2) is 4.79 Å². The number of hydrogen-bond acceptors (Lipinski definition) is 4. The summed E-state index contributed by atoms with van der Waals surface area (Å²) in [5, 5.41) is 13.7. The minimum atomic E-state index is -0.912. The standard InChI is InChI=1S/C14H19NO3S2/c16-13(15-10-5-3-1-2-4-6-10)9-19-11-7-12(14(17)18)20-8-11/h7-8,10H,1-6,9H2,(H,15,16)(H,17,18). The molecule has 1 heterocycles. The van der Waals surface area contributed by atoms with Crippen molar-refractivity contribution in [1.82, 2.24) is 5.32 Å². The molecule has 110 valence electrons. The smallest absolute Gasteiger partial charge is 0.345 e. The zero-order valence-electron chi connectivity index (χ0n) is 11.3. The van der Waals surface area contributed by atoms with Crippen LogP contribution in [-0.2, 0) is 4.79 Å². The van der Waals surface area contributed by atoms with Gasteiger partial charge in [-0.15, -0.1) is 23.1 Å². The molecule has 0 radical (unpaired) electrons. The first-order chi connectivity index (χ1) is 9.65. The first-order valence-corrected chi connectivity index (χ1v) is 8.75. The summed E-state index contributed by atoms with van der Waals surface area (Å²) in [5.74, 6) is -0.513. The highest BCUT2D eigenvalue weighted by molar-refractivity contribution is 8.00. The molecule has 1 aromatic heterocycles. The van der Waals surface area contributed by atoms with Crippen molar-refractivity contribution in [3.63, 3.8) is 0 Å². The Bertz CT molecular complexity index is 465. The molecule has 1 aromatic rings. The van der Waals surface area contributed by atoms with Crippen molar-refractivity contribution in [3.05, 3.63) is 16.3 Å². The number of thiophene rings is 1. The van der Waals surface area contributed by atoms with Crippen molar-refractivity contribution < 1.29 is 14.7 Å². The van der Waals surface area contributed by atoms with E-state index in [4.69, 9.17) is 5.11 Å². The first-order valence-electron chi connectivity index (χ1n) is 6.89. The number of amides is 1. The van der Waals surface area contributed by atoms with Crippen LogP contribution in [0.25, 0.3) is 0 Å². The number of carboxylic acid groups (broad SMARTS) is 1. The third-order valence-electron chi connectivity index (χ3n) is 3.38. The van der Waals surface area contributed by atoms with Gasteiger partial charge in [0.2, 0.25) is 5.91 Å². The van der Waals surface area contributed by atoms with Gasteiger partial charge in [0, 0.05) is 16.3 Å². The average molecular weight is 313 g/mol. The maximum atomic E-state index is 11.9. The van der Waals surface area contributed by atoms with Gasteiger partial charge >= 0.3 is 5.97 Å². The van der Waals surface area contributed by atoms with E-state index >= 15 is 0 Å².